The standard InChI is InChI=1S/C20H24N4O5S/c1-4-30(26)18-13-17(28-3)16(27-2)12-14(18)21-20(22-30)24-9-7-23(8-10-24)19(25)15-6-5-11-29-15/h5-6,11-13H,4,7-10H2,1-3H3. The van der Waals surface area contributed by atoms with E-state index in [2.05, 4.69) is 9.36 Å². The van der Waals surface area contributed by atoms with Gasteiger partial charge in [0.25, 0.3) is 5.91 Å². The number of carbonyl (C=O) groups is 1. The number of guanidine groups is 1. The maximum Gasteiger partial charge on any atom is 0.289 e. The van der Waals surface area contributed by atoms with Crippen LogP contribution in [0, 0.1) is 0 Å². The van der Waals surface area contributed by atoms with Gasteiger partial charge in [0, 0.05) is 44.1 Å². The highest BCUT2D eigenvalue weighted by Gasteiger charge is 2.30. The first-order valence-corrected chi connectivity index (χ1v) is 11.3. The Hall–Kier alpha value is -3.01. The second-order valence-electron chi connectivity index (χ2n) is 6.86. The van der Waals surface area contributed by atoms with Gasteiger partial charge in [-0.25, -0.2) is 9.20 Å². The number of hydrogen-bond donors (Lipinski definition) is 0. The number of methoxy groups -OCH3 is 2. The Kier molecular flexibility index (Phi) is 5.42. The lowest BCUT2D eigenvalue weighted by atomic mass is 10.2. The molecule has 1 saturated heterocycles. The third kappa shape index (κ3) is 3.51. The van der Waals surface area contributed by atoms with Crippen molar-refractivity contribution in [1.29, 1.82) is 0 Å². The van der Waals surface area contributed by atoms with E-state index >= 15 is 0 Å². The number of piperazine rings is 1. The molecule has 3 heterocycles. The highest BCUT2D eigenvalue weighted by molar-refractivity contribution is 7.94. The van der Waals surface area contributed by atoms with Crippen LogP contribution < -0.4 is 9.47 Å². The SMILES string of the molecule is CCS1(=O)=NC(N2CCN(C(=O)c3ccco3)CC2)=Nc2cc(OC)c(OC)cc21. The molecule has 1 aromatic carbocycles. The van der Waals surface area contributed by atoms with E-state index < -0.39 is 9.73 Å². The highest BCUT2D eigenvalue weighted by Crippen LogP contribution is 2.40. The van der Waals surface area contributed by atoms with Crippen LogP contribution in [0.5, 0.6) is 11.5 Å². The van der Waals surface area contributed by atoms with Crippen LogP contribution in [0.25, 0.3) is 0 Å². The van der Waals surface area contributed by atoms with Gasteiger partial charge in [0.1, 0.15) is 0 Å². The first kappa shape index (κ1) is 20.3. The lowest BCUT2D eigenvalue weighted by Gasteiger charge is -2.35. The van der Waals surface area contributed by atoms with Crippen molar-refractivity contribution in [3.05, 3.63) is 36.3 Å². The van der Waals surface area contributed by atoms with E-state index in [1.165, 1.54) is 13.4 Å². The third-order valence-electron chi connectivity index (χ3n) is 5.23. The lowest BCUT2D eigenvalue weighted by Crippen LogP contribution is -2.50. The number of hydrogen-bond acceptors (Lipinski definition) is 8. The molecule has 0 N–H and O–H groups in total. The van der Waals surface area contributed by atoms with Gasteiger partial charge in [-0.15, -0.1) is 0 Å². The molecule has 1 aromatic heterocycles. The molecule has 0 radical (unpaired) electrons. The third-order valence-corrected chi connectivity index (χ3v) is 7.49. The molecule has 4 rings (SSSR count). The van der Waals surface area contributed by atoms with Gasteiger partial charge in [-0.3, -0.25) is 4.79 Å². The zero-order valence-electron chi connectivity index (χ0n) is 17.2. The van der Waals surface area contributed by atoms with Crippen molar-refractivity contribution in [3.8, 4) is 11.5 Å². The summed E-state index contributed by atoms with van der Waals surface area (Å²) in [5.41, 5.74) is 0.568. The number of amides is 1. The maximum absolute atomic E-state index is 13.6. The first-order chi connectivity index (χ1) is 14.5. The van der Waals surface area contributed by atoms with E-state index in [0.29, 0.717) is 65.7 Å². The minimum atomic E-state index is -2.69. The van der Waals surface area contributed by atoms with E-state index in [4.69, 9.17) is 13.9 Å². The molecule has 0 spiro atoms. The normalized spacial score (nSPS) is 20.8. The van der Waals surface area contributed by atoms with Crippen molar-refractivity contribution in [2.45, 2.75) is 11.8 Å². The quantitative estimate of drug-likeness (QED) is 0.737. The molecule has 2 aromatic rings. The predicted molar refractivity (Wildman–Crippen MR) is 112 cm³/mol. The second kappa shape index (κ2) is 8.02. The summed E-state index contributed by atoms with van der Waals surface area (Å²) in [5, 5.41) is 0. The van der Waals surface area contributed by atoms with Crippen LogP contribution >= 0.6 is 0 Å². The zero-order chi connectivity index (χ0) is 21.3. The number of carbonyl (C=O) groups excluding carboxylic acids is 1. The van der Waals surface area contributed by atoms with E-state index in [9.17, 15) is 9.00 Å². The van der Waals surface area contributed by atoms with Gasteiger partial charge in [-0.05, 0) is 12.1 Å². The zero-order valence-corrected chi connectivity index (χ0v) is 18.0. The number of benzene rings is 1. The van der Waals surface area contributed by atoms with Crippen LogP contribution in [0.4, 0.5) is 5.69 Å². The fourth-order valence-corrected chi connectivity index (χ4v) is 5.20. The minimum absolute atomic E-state index is 0.137. The van der Waals surface area contributed by atoms with E-state index in [1.54, 1.807) is 36.3 Å². The number of fused-ring (bicyclic) bond motifs is 1. The summed E-state index contributed by atoms with van der Waals surface area (Å²) in [6, 6.07) is 6.78. The predicted octanol–water partition coefficient (Wildman–Crippen LogP) is 2.60. The van der Waals surface area contributed by atoms with Gasteiger partial charge in [0.2, 0.25) is 5.96 Å². The van der Waals surface area contributed by atoms with Gasteiger partial charge in [-0.1, -0.05) is 6.92 Å². The Morgan fingerprint density at radius 2 is 1.87 bits per heavy atom. The molecule has 1 fully saturated rings. The van der Waals surface area contributed by atoms with Gasteiger partial charge >= 0.3 is 0 Å². The Morgan fingerprint density at radius 1 is 1.17 bits per heavy atom. The maximum atomic E-state index is 13.6. The summed E-state index contributed by atoms with van der Waals surface area (Å²) in [4.78, 5) is 21.4. The summed E-state index contributed by atoms with van der Waals surface area (Å²) in [7, 11) is 0.401. The monoisotopic (exact) mass is 432 g/mol. The number of ether oxygens (including phenoxy) is 2. The van der Waals surface area contributed by atoms with Gasteiger partial charge in [-0.2, -0.15) is 4.36 Å². The summed E-state index contributed by atoms with van der Waals surface area (Å²) in [6.45, 7) is 3.92. The van der Waals surface area contributed by atoms with Crippen molar-refractivity contribution in [2.75, 3.05) is 46.2 Å². The van der Waals surface area contributed by atoms with E-state index in [-0.39, 0.29) is 5.91 Å². The number of rotatable bonds is 4. The largest absolute Gasteiger partial charge is 0.493 e. The molecule has 1 unspecified atom stereocenters. The Labute approximate surface area is 175 Å². The minimum Gasteiger partial charge on any atom is -0.493 e. The molecule has 30 heavy (non-hydrogen) atoms. The van der Waals surface area contributed by atoms with Crippen LogP contribution in [0.3, 0.4) is 0 Å². The molecule has 10 heteroatoms. The summed E-state index contributed by atoms with van der Waals surface area (Å²) < 4.78 is 34.1. The average Bonchev–Trinajstić information content (AvgIpc) is 3.32. The molecule has 2 aliphatic heterocycles. The summed E-state index contributed by atoms with van der Waals surface area (Å²) in [6.07, 6.45) is 1.49. The van der Waals surface area contributed by atoms with Crippen LogP contribution in [0.2, 0.25) is 0 Å². The van der Waals surface area contributed by atoms with Gasteiger partial charge in [0.15, 0.2) is 17.3 Å². The Bertz CT molecular complexity index is 1090. The second-order valence-corrected chi connectivity index (χ2v) is 9.34. The number of nitrogens with zero attached hydrogens (tertiary/aromatic N) is 4. The molecule has 1 atom stereocenters. The molecule has 9 nitrogen and oxygen atoms in total. The van der Waals surface area contributed by atoms with Gasteiger partial charge < -0.3 is 23.7 Å². The summed E-state index contributed by atoms with van der Waals surface area (Å²) in [5.74, 6) is 1.98. The van der Waals surface area contributed by atoms with Gasteiger partial charge in [0.05, 0.1) is 40.8 Å². The van der Waals surface area contributed by atoms with Crippen molar-refractivity contribution >= 4 is 27.3 Å². The highest BCUT2D eigenvalue weighted by atomic mass is 32.2. The average molecular weight is 433 g/mol. The van der Waals surface area contributed by atoms with Crippen LogP contribution in [0.15, 0.2) is 49.2 Å². The Morgan fingerprint density at radius 3 is 2.47 bits per heavy atom. The Balaban J connectivity index is 1.61. The van der Waals surface area contributed by atoms with E-state index in [1.807, 2.05) is 11.8 Å². The molecular formula is C20H24N4O5S. The smallest absolute Gasteiger partial charge is 0.289 e. The fraction of sp³-hybridized carbons (Fsp3) is 0.400. The molecule has 0 bridgehead atoms. The van der Waals surface area contributed by atoms with Crippen LogP contribution in [0.1, 0.15) is 17.5 Å². The molecule has 0 aliphatic carbocycles. The van der Waals surface area contributed by atoms with Crippen molar-refractivity contribution in [3.63, 3.8) is 0 Å². The van der Waals surface area contributed by atoms with Crippen molar-refractivity contribution in [2.24, 2.45) is 9.36 Å². The summed E-state index contributed by atoms with van der Waals surface area (Å²) >= 11 is 0. The molecule has 0 saturated carbocycles. The van der Waals surface area contributed by atoms with Crippen molar-refractivity contribution in [1.82, 2.24) is 9.80 Å². The topological polar surface area (TPSA) is 96.9 Å². The van der Waals surface area contributed by atoms with Crippen LogP contribution in [-0.4, -0.2) is 72.0 Å². The molecule has 1 amide bonds. The first-order valence-electron chi connectivity index (χ1n) is 9.66. The number of furan rings is 1. The molecule has 2 aliphatic rings. The molecule has 160 valence electrons. The van der Waals surface area contributed by atoms with Crippen LogP contribution in [-0.2, 0) is 9.73 Å². The molecular weight excluding hydrogens is 408 g/mol. The van der Waals surface area contributed by atoms with Crippen molar-refractivity contribution < 1.29 is 22.9 Å². The fourth-order valence-electron chi connectivity index (χ4n) is 3.52. The number of aliphatic imine (C=N–C) groups is 1. The van der Waals surface area contributed by atoms with E-state index in [0.717, 1.165) is 0 Å². The lowest BCUT2D eigenvalue weighted by molar-refractivity contribution is 0.0659.